The van der Waals surface area contributed by atoms with Gasteiger partial charge in [-0.3, -0.25) is 4.79 Å². The fourth-order valence-corrected chi connectivity index (χ4v) is 3.38. The van der Waals surface area contributed by atoms with Crippen molar-refractivity contribution in [3.8, 4) is 17.2 Å². The molecular formula is C24H23N3O4. The van der Waals surface area contributed by atoms with Crippen LogP contribution in [0.3, 0.4) is 0 Å². The molecule has 4 rings (SSSR count). The van der Waals surface area contributed by atoms with Gasteiger partial charge in [-0.1, -0.05) is 18.2 Å². The number of carbonyl (C=O) groups is 2. The Hall–Kier alpha value is -4.00. The molecule has 158 valence electrons. The molecule has 0 radical (unpaired) electrons. The highest BCUT2D eigenvalue weighted by molar-refractivity contribution is 6.10. The van der Waals surface area contributed by atoms with Crippen molar-refractivity contribution in [1.29, 1.82) is 0 Å². The number of nitrogens with one attached hydrogen (secondary N) is 2. The van der Waals surface area contributed by atoms with Gasteiger partial charge in [-0.15, -0.1) is 0 Å². The number of amides is 3. The zero-order chi connectivity index (χ0) is 22.0. The first kappa shape index (κ1) is 20.3. The van der Waals surface area contributed by atoms with Crippen LogP contribution in [0.5, 0.6) is 17.2 Å². The molecule has 7 heteroatoms. The summed E-state index contributed by atoms with van der Waals surface area (Å²) in [5, 5.41) is 5.54. The lowest BCUT2D eigenvalue weighted by molar-refractivity contribution is 0.0993. The standard InChI is InChI=1S/C24H23N3O4/c1-4-30-21-8-6-5-7-18(21)26-24(29)25-16-10-12-20-17(14-16)23(28)27(3)19-13-15(2)9-11-22(19)31-20/h5-14H,4H2,1-3H3,(H2,25,26,29). The van der Waals surface area contributed by atoms with Crippen LogP contribution in [-0.2, 0) is 0 Å². The Bertz CT molecular complexity index is 1160. The van der Waals surface area contributed by atoms with Crippen LogP contribution in [0, 0.1) is 6.92 Å². The number of ether oxygens (including phenoxy) is 2. The molecule has 0 atom stereocenters. The van der Waals surface area contributed by atoms with Crippen LogP contribution in [0.4, 0.5) is 21.9 Å². The number of hydrogen-bond donors (Lipinski definition) is 2. The van der Waals surface area contributed by atoms with Crippen molar-refractivity contribution >= 4 is 29.0 Å². The van der Waals surface area contributed by atoms with Crippen molar-refractivity contribution in [2.75, 3.05) is 29.2 Å². The minimum atomic E-state index is -0.443. The maximum atomic E-state index is 13.1. The highest BCUT2D eigenvalue weighted by atomic mass is 16.5. The van der Waals surface area contributed by atoms with E-state index in [1.54, 1.807) is 42.3 Å². The minimum absolute atomic E-state index is 0.218. The number of anilines is 3. The summed E-state index contributed by atoms with van der Waals surface area (Å²) in [7, 11) is 1.70. The van der Waals surface area contributed by atoms with E-state index in [0.29, 0.717) is 46.5 Å². The molecule has 0 fully saturated rings. The van der Waals surface area contributed by atoms with Gasteiger partial charge in [0.15, 0.2) is 5.75 Å². The van der Waals surface area contributed by atoms with Gasteiger partial charge in [0.1, 0.15) is 11.5 Å². The summed E-state index contributed by atoms with van der Waals surface area (Å²) in [6.45, 7) is 4.33. The average molecular weight is 417 g/mol. The number of aryl methyl sites for hydroxylation is 1. The van der Waals surface area contributed by atoms with Crippen molar-refractivity contribution in [1.82, 2.24) is 0 Å². The molecule has 2 N–H and O–H groups in total. The molecule has 3 aromatic carbocycles. The number of benzene rings is 3. The van der Waals surface area contributed by atoms with Gasteiger partial charge in [-0.25, -0.2) is 4.79 Å². The first-order valence-electron chi connectivity index (χ1n) is 9.96. The fourth-order valence-electron chi connectivity index (χ4n) is 3.38. The molecule has 1 heterocycles. The number of rotatable bonds is 4. The molecule has 0 saturated carbocycles. The largest absolute Gasteiger partial charge is 0.492 e. The molecule has 0 unspecified atom stereocenters. The van der Waals surface area contributed by atoms with Gasteiger partial charge in [0.25, 0.3) is 5.91 Å². The van der Waals surface area contributed by atoms with Crippen LogP contribution in [0.15, 0.2) is 60.7 Å². The van der Waals surface area contributed by atoms with E-state index in [1.807, 2.05) is 44.2 Å². The van der Waals surface area contributed by atoms with Gasteiger partial charge in [-0.05, 0) is 61.9 Å². The van der Waals surface area contributed by atoms with E-state index < -0.39 is 6.03 Å². The van der Waals surface area contributed by atoms with Crippen molar-refractivity contribution in [3.63, 3.8) is 0 Å². The lowest BCUT2D eigenvalue weighted by atomic mass is 10.1. The third-order valence-corrected chi connectivity index (χ3v) is 4.90. The number of hydrogen-bond acceptors (Lipinski definition) is 4. The third kappa shape index (κ3) is 4.16. The molecular weight excluding hydrogens is 394 g/mol. The number of urea groups is 1. The first-order valence-corrected chi connectivity index (χ1v) is 9.96. The van der Waals surface area contributed by atoms with Crippen LogP contribution in [0.25, 0.3) is 0 Å². The van der Waals surface area contributed by atoms with Crippen LogP contribution < -0.4 is 25.0 Å². The van der Waals surface area contributed by atoms with Gasteiger partial charge in [0, 0.05) is 12.7 Å². The first-order chi connectivity index (χ1) is 15.0. The number of nitrogens with zero attached hydrogens (tertiary/aromatic N) is 1. The molecule has 1 aliphatic heterocycles. The maximum Gasteiger partial charge on any atom is 0.323 e. The lowest BCUT2D eigenvalue weighted by Gasteiger charge is -2.17. The van der Waals surface area contributed by atoms with E-state index in [1.165, 1.54) is 0 Å². The fraction of sp³-hybridized carbons (Fsp3) is 0.167. The highest BCUT2D eigenvalue weighted by Gasteiger charge is 2.26. The molecule has 1 aliphatic rings. The van der Waals surface area contributed by atoms with E-state index in [2.05, 4.69) is 10.6 Å². The summed E-state index contributed by atoms with van der Waals surface area (Å²) in [6, 6.07) is 17.4. The molecule has 0 spiro atoms. The lowest BCUT2D eigenvalue weighted by Crippen LogP contribution is -2.25. The van der Waals surface area contributed by atoms with Gasteiger partial charge in [-0.2, -0.15) is 0 Å². The van der Waals surface area contributed by atoms with Crippen LogP contribution in [-0.4, -0.2) is 25.6 Å². The Morgan fingerprint density at radius 2 is 1.81 bits per heavy atom. The monoisotopic (exact) mass is 417 g/mol. The molecule has 0 aromatic heterocycles. The van der Waals surface area contributed by atoms with E-state index in [0.717, 1.165) is 5.56 Å². The highest BCUT2D eigenvalue weighted by Crippen LogP contribution is 2.39. The maximum absolute atomic E-state index is 13.1. The summed E-state index contributed by atoms with van der Waals surface area (Å²) in [5.74, 6) is 1.41. The molecule has 3 aromatic rings. The second-order valence-electron chi connectivity index (χ2n) is 7.16. The minimum Gasteiger partial charge on any atom is -0.492 e. The zero-order valence-electron chi connectivity index (χ0n) is 17.6. The summed E-state index contributed by atoms with van der Waals surface area (Å²) < 4.78 is 11.5. The van der Waals surface area contributed by atoms with E-state index in [4.69, 9.17) is 9.47 Å². The second kappa shape index (κ2) is 8.39. The average Bonchev–Trinajstić information content (AvgIpc) is 2.85. The number of para-hydroxylation sites is 2. The quantitative estimate of drug-likeness (QED) is 0.594. The van der Waals surface area contributed by atoms with Gasteiger partial charge >= 0.3 is 6.03 Å². The molecule has 0 saturated heterocycles. The Labute approximate surface area is 180 Å². The summed E-state index contributed by atoms with van der Waals surface area (Å²) in [4.78, 5) is 27.1. The van der Waals surface area contributed by atoms with Gasteiger partial charge in [0.2, 0.25) is 0 Å². The molecule has 0 aliphatic carbocycles. The Morgan fingerprint density at radius 1 is 1.03 bits per heavy atom. The smallest absolute Gasteiger partial charge is 0.323 e. The van der Waals surface area contributed by atoms with Crippen LogP contribution >= 0.6 is 0 Å². The van der Waals surface area contributed by atoms with Crippen molar-refractivity contribution in [3.05, 3.63) is 71.8 Å². The zero-order valence-corrected chi connectivity index (χ0v) is 17.6. The Kier molecular flexibility index (Phi) is 5.49. The SMILES string of the molecule is CCOc1ccccc1NC(=O)Nc1ccc2c(c1)C(=O)N(C)c1cc(C)ccc1O2. The summed E-state index contributed by atoms with van der Waals surface area (Å²) >= 11 is 0. The number of carbonyl (C=O) groups excluding carboxylic acids is 2. The normalized spacial score (nSPS) is 12.2. The number of fused-ring (bicyclic) bond motifs is 2. The van der Waals surface area contributed by atoms with Crippen LogP contribution in [0.2, 0.25) is 0 Å². The molecule has 0 bridgehead atoms. The predicted molar refractivity (Wildman–Crippen MR) is 121 cm³/mol. The van der Waals surface area contributed by atoms with E-state index >= 15 is 0 Å². The summed E-state index contributed by atoms with van der Waals surface area (Å²) in [5.41, 5.74) is 3.11. The van der Waals surface area contributed by atoms with Crippen molar-refractivity contribution < 1.29 is 19.1 Å². The van der Waals surface area contributed by atoms with Gasteiger partial charge in [0.05, 0.1) is 23.5 Å². The van der Waals surface area contributed by atoms with Crippen molar-refractivity contribution in [2.24, 2.45) is 0 Å². The second-order valence-corrected chi connectivity index (χ2v) is 7.16. The third-order valence-electron chi connectivity index (χ3n) is 4.90. The molecule has 7 nitrogen and oxygen atoms in total. The van der Waals surface area contributed by atoms with E-state index in [-0.39, 0.29) is 5.91 Å². The van der Waals surface area contributed by atoms with Gasteiger partial charge < -0.3 is 25.0 Å². The van der Waals surface area contributed by atoms with E-state index in [9.17, 15) is 9.59 Å². The molecule has 3 amide bonds. The molecule has 31 heavy (non-hydrogen) atoms. The van der Waals surface area contributed by atoms with Crippen LogP contribution in [0.1, 0.15) is 22.8 Å². The van der Waals surface area contributed by atoms with Crippen molar-refractivity contribution in [2.45, 2.75) is 13.8 Å². The Morgan fingerprint density at radius 3 is 2.61 bits per heavy atom. The summed E-state index contributed by atoms with van der Waals surface area (Å²) in [6.07, 6.45) is 0. The predicted octanol–water partition coefficient (Wildman–Crippen LogP) is 5.42. The topological polar surface area (TPSA) is 79.9 Å². The Balaban J connectivity index is 1.56.